The van der Waals surface area contributed by atoms with Gasteiger partial charge < -0.3 is 4.74 Å². The Labute approximate surface area is 60.9 Å². The summed E-state index contributed by atoms with van der Waals surface area (Å²) < 4.78 is 4.59. The van der Waals surface area contributed by atoms with Crippen LogP contribution in [0.5, 0.6) is 0 Å². The largest absolute Gasteiger partial charge is 0.469 e. The zero-order valence-corrected chi connectivity index (χ0v) is 6.33. The van der Waals surface area contributed by atoms with Crippen LogP contribution < -0.4 is 0 Å². The summed E-state index contributed by atoms with van der Waals surface area (Å²) in [4.78, 5) is 10.9. The lowest BCUT2D eigenvalue weighted by Crippen LogP contribution is -2.12. The summed E-state index contributed by atoms with van der Waals surface area (Å²) in [5.41, 5.74) is 0. The number of carbonyl (C=O) groups is 1. The molecule has 10 heavy (non-hydrogen) atoms. The third-order valence-electron chi connectivity index (χ3n) is 1.80. The lowest BCUT2D eigenvalue weighted by atomic mass is 10.1. The summed E-state index contributed by atoms with van der Waals surface area (Å²) in [6, 6.07) is 0. The van der Waals surface area contributed by atoms with Gasteiger partial charge in [-0.2, -0.15) is 0 Å². The first-order valence-electron chi connectivity index (χ1n) is 3.50. The van der Waals surface area contributed by atoms with Crippen LogP contribution in [0.15, 0.2) is 12.2 Å². The van der Waals surface area contributed by atoms with Gasteiger partial charge in [0.1, 0.15) is 0 Å². The van der Waals surface area contributed by atoms with Crippen molar-refractivity contribution in [3.63, 3.8) is 0 Å². The van der Waals surface area contributed by atoms with Gasteiger partial charge in [0.05, 0.1) is 13.0 Å². The fraction of sp³-hybridized carbons (Fsp3) is 0.625. The predicted molar refractivity (Wildman–Crippen MR) is 38.4 cm³/mol. The minimum absolute atomic E-state index is 0.0139. The molecule has 0 spiro atoms. The van der Waals surface area contributed by atoms with Gasteiger partial charge in [-0.1, -0.05) is 19.1 Å². The van der Waals surface area contributed by atoms with E-state index >= 15 is 0 Å². The van der Waals surface area contributed by atoms with E-state index in [9.17, 15) is 4.79 Å². The summed E-state index contributed by atoms with van der Waals surface area (Å²) >= 11 is 0. The van der Waals surface area contributed by atoms with Crippen LogP contribution in [0.1, 0.15) is 13.3 Å². The molecule has 56 valence electrons. The molecule has 0 aromatic rings. The number of rotatable bonds is 1. The highest BCUT2D eigenvalue weighted by Crippen LogP contribution is 2.23. The Kier molecular flexibility index (Phi) is 2.10. The van der Waals surface area contributed by atoms with Gasteiger partial charge in [-0.3, -0.25) is 4.79 Å². The van der Waals surface area contributed by atoms with Gasteiger partial charge in [-0.05, 0) is 12.3 Å². The Morgan fingerprint density at radius 2 is 2.30 bits per heavy atom. The molecule has 0 N–H and O–H groups in total. The number of ether oxygens (including phenoxy) is 1. The Morgan fingerprint density at radius 1 is 1.60 bits per heavy atom. The van der Waals surface area contributed by atoms with Crippen LogP contribution in [-0.4, -0.2) is 13.1 Å². The number of carbonyl (C=O) groups excluding carboxylic acids is 1. The lowest BCUT2D eigenvalue weighted by Gasteiger charge is -2.04. The summed E-state index contributed by atoms with van der Waals surface area (Å²) in [6.45, 7) is 2.10. The Bertz CT molecular complexity index is 161. The summed E-state index contributed by atoms with van der Waals surface area (Å²) in [5.74, 6) is 0.435. The van der Waals surface area contributed by atoms with Crippen LogP contribution in [0.4, 0.5) is 0 Å². The predicted octanol–water partition coefficient (Wildman–Crippen LogP) is 1.37. The van der Waals surface area contributed by atoms with E-state index in [2.05, 4.69) is 17.7 Å². The smallest absolute Gasteiger partial charge is 0.312 e. The van der Waals surface area contributed by atoms with Crippen LogP contribution in [0.3, 0.4) is 0 Å². The average Bonchev–Trinajstić information content (AvgIpc) is 2.34. The molecule has 0 unspecified atom stereocenters. The number of hydrogen-bond donors (Lipinski definition) is 0. The fourth-order valence-corrected chi connectivity index (χ4v) is 1.21. The van der Waals surface area contributed by atoms with Crippen molar-refractivity contribution in [1.82, 2.24) is 0 Å². The lowest BCUT2D eigenvalue weighted by molar-refractivity contribution is -0.143. The number of hydrogen-bond acceptors (Lipinski definition) is 2. The molecule has 1 rings (SSSR count). The zero-order chi connectivity index (χ0) is 7.56. The van der Waals surface area contributed by atoms with Gasteiger partial charge in [0.15, 0.2) is 0 Å². The van der Waals surface area contributed by atoms with Crippen molar-refractivity contribution in [2.45, 2.75) is 13.3 Å². The first-order chi connectivity index (χ1) is 4.74. The standard InChI is InChI=1S/C8H12O2/c1-6-3-4-7(5-6)8(9)10-2/h3-4,6-7H,5H2,1-2H3/t6-,7+/m0/s1. The van der Waals surface area contributed by atoms with Crippen molar-refractivity contribution in [3.8, 4) is 0 Å². The van der Waals surface area contributed by atoms with E-state index in [0.29, 0.717) is 5.92 Å². The van der Waals surface area contributed by atoms with E-state index in [0.717, 1.165) is 6.42 Å². The molecule has 2 heteroatoms. The van der Waals surface area contributed by atoms with E-state index in [1.165, 1.54) is 7.11 Å². The normalized spacial score (nSPS) is 30.6. The molecule has 1 aliphatic carbocycles. The first kappa shape index (κ1) is 7.32. The maximum Gasteiger partial charge on any atom is 0.312 e. The summed E-state index contributed by atoms with van der Waals surface area (Å²) in [7, 11) is 1.43. The third kappa shape index (κ3) is 1.38. The highest BCUT2D eigenvalue weighted by Gasteiger charge is 2.22. The summed E-state index contributed by atoms with van der Waals surface area (Å²) in [6.07, 6.45) is 4.89. The van der Waals surface area contributed by atoms with Gasteiger partial charge in [-0.15, -0.1) is 0 Å². The zero-order valence-electron chi connectivity index (χ0n) is 6.33. The van der Waals surface area contributed by atoms with E-state index < -0.39 is 0 Å². The number of methoxy groups -OCH3 is 1. The van der Waals surface area contributed by atoms with Crippen molar-refractivity contribution >= 4 is 5.97 Å². The van der Waals surface area contributed by atoms with E-state index in [1.807, 2.05) is 6.08 Å². The van der Waals surface area contributed by atoms with Crippen LogP contribution in [-0.2, 0) is 9.53 Å². The molecule has 0 aromatic heterocycles. The molecule has 2 nitrogen and oxygen atoms in total. The van der Waals surface area contributed by atoms with Crippen molar-refractivity contribution in [2.75, 3.05) is 7.11 Å². The molecule has 0 fully saturated rings. The van der Waals surface area contributed by atoms with Crippen LogP contribution in [0.25, 0.3) is 0 Å². The van der Waals surface area contributed by atoms with Crippen LogP contribution in [0, 0.1) is 11.8 Å². The SMILES string of the molecule is COC(=O)[C@@H]1C=C[C@H](C)C1. The van der Waals surface area contributed by atoms with Crippen molar-refractivity contribution in [1.29, 1.82) is 0 Å². The van der Waals surface area contributed by atoms with Crippen molar-refractivity contribution in [2.24, 2.45) is 11.8 Å². The van der Waals surface area contributed by atoms with Gasteiger partial charge in [0, 0.05) is 0 Å². The maximum absolute atomic E-state index is 10.9. The molecule has 0 saturated heterocycles. The molecule has 1 aliphatic rings. The highest BCUT2D eigenvalue weighted by molar-refractivity contribution is 5.74. The number of esters is 1. The molecule has 0 bridgehead atoms. The van der Waals surface area contributed by atoms with Crippen LogP contribution in [0.2, 0.25) is 0 Å². The minimum Gasteiger partial charge on any atom is -0.469 e. The van der Waals surface area contributed by atoms with Gasteiger partial charge in [0.2, 0.25) is 0 Å². The van der Waals surface area contributed by atoms with Gasteiger partial charge >= 0.3 is 5.97 Å². The topological polar surface area (TPSA) is 26.3 Å². The first-order valence-corrected chi connectivity index (χ1v) is 3.50. The summed E-state index contributed by atoms with van der Waals surface area (Å²) in [5, 5.41) is 0. The quantitative estimate of drug-likeness (QED) is 0.406. The second-order valence-electron chi connectivity index (χ2n) is 2.73. The third-order valence-corrected chi connectivity index (χ3v) is 1.80. The molecule has 0 heterocycles. The van der Waals surface area contributed by atoms with Gasteiger partial charge in [0.25, 0.3) is 0 Å². The van der Waals surface area contributed by atoms with Crippen molar-refractivity contribution in [3.05, 3.63) is 12.2 Å². The second-order valence-corrected chi connectivity index (χ2v) is 2.73. The molecule has 0 aromatic carbocycles. The Hall–Kier alpha value is -0.790. The van der Waals surface area contributed by atoms with Crippen molar-refractivity contribution < 1.29 is 9.53 Å². The van der Waals surface area contributed by atoms with E-state index in [-0.39, 0.29) is 11.9 Å². The minimum atomic E-state index is -0.111. The molecule has 0 amide bonds. The molecule has 0 saturated carbocycles. The molecular weight excluding hydrogens is 128 g/mol. The molecular formula is C8H12O2. The number of allylic oxidation sites excluding steroid dienone is 1. The Balaban J connectivity index is 2.46. The second kappa shape index (κ2) is 2.86. The average molecular weight is 140 g/mol. The van der Waals surface area contributed by atoms with E-state index in [4.69, 9.17) is 0 Å². The highest BCUT2D eigenvalue weighted by atomic mass is 16.5. The fourth-order valence-electron chi connectivity index (χ4n) is 1.21. The monoisotopic (exact) mass is 140 g/mol. The Morgan fingerprint density at radius 3 is 2.70 bits per heavy atom. The molecule has 0 radical (unpaired) electrons. The maximum atomic E-state index is 10.9. The molecule has 2 atom stereocenters. The van der Waals surface area contributed by atoms with E-state index in [1.54, 1.807) is 0 Å². The van der Waals surface area contributed by atoms with Crippen LogP contribution >= 0.6 is 0 Å². The van der Waals surface area contributed by atoms with Gasteiger partial charge in [-0.25, -0.2) is 0 Å². The molecule has 0 aliphatic heterocycles.